The molecule has 0 amide bonds. The van der Waals surface area contributed by atoms with Gasteiger partial charge in [0, 0.05) is 35.8 Å². The van der Waals surface area contributed by atoms with E-state index in [1.165, 1.54) is 0 Å². The van der Waals surface area contributed by atoms with Gasteiger partial charge in [-0.1, -0.05) is 0 Å². The van der Waals surface area contributed by atoms with Crippen LogP contribution in [0.25, 0.3) is 0 Å². The average Bonchev–Trinajstić information content (AvgIpc) is 2.08. The van der Waals surface area contributed by atoms with Crippen molar-refractivity contribution < 1.29 is 64.9 Å². The van der Waals surface area contributed by atoms with Gasteiger partial charge in [-0.05, 0) is 41.5 Å². The highest BCUT2D eigenvalue weighted by atomic mass is 16.4. The van der Waals surface area contributed by atoms with Crippen LogP contribution in [0.15, 0.2) is 0 Å². The first-order valence-electron chi connectivity index (χ1n) is 5.45. The lowest BCUT2D eigenvalue weighted by Gasteiger charge is -1.77. The summed E-state index contributed by atoms with van der Waals surface area (Å²) >= 11 is 0. The Kier molecular flexibility index (Phi) is 64.1. The van der Waals surface area contributed by atoms with Crippen molar-refractivity contribution in [2.75, 3.05) is 0 Å². The maximum Gasteiger partial charge on any atom is 0.0383 e. The molecule has 0 saturated carbocycles. The van der Waals surface area contributed by atoms with E-state index in [-0.39, 0.29) is 5.48 Å². The first-order valence-corrected chi connectivity index (χ1v) is 5.45. The molecule has 0 bridgehead atoms. The Morgan fingerprint density at radius 1 is 0.360 bits per heavy atom. The number of hydrogen-bond acceptors (Lipinski definition) is 12. The lowest BCUT2D eigenvalue weighted by atomic mass is 10.9. The minimum absolute atomic E-state index is 0. The first kappa shape index (κ1) is 43.1. The van der Waals surface area contributed by atoms with Crippen molar-refractivity contribution in [3.05, 3.63) is 0 Å². The van der Waals surface area contributed by atoms with Crippen molar-refractivity contribution in [1.29, 1.82) is 0 Å². The van der Waals surface area contributed by atoms with E-state index in [2.05, 4.69) is 0 Å². The van der Waals surface area contributed by atoms with Crippen LogP contribution in [0.3, 0.4) is 0 Å². The largest absolute Gasteiger partial charge is 0.550 e. The lowest BCUT2D eigenvalue weighted by molar-refractivity contribution is -0.303. The van der Waals surface area contributed by atoms with Gasteiger partial charge < -0.3 is 64.9 Å². The number of carboxylic acid groups (broad SMARTS) is 6. The molecule has 0 spiro atoms. The van der Waals surface area contributed by atoms with E-state index in [1.807, 2.05) is 0 Å². The molecule has 0 radical (unpaired) electrons. The molecule has 0 aromatic carbocycles. The molecular weight excluding hydrogens is 352 g/mol. The zero-order chi connectivity index (χ0) is 21.5. The van der Waals surface area contributed by atoms with E-state index in [4.69, 9.17) is 59.4 Å². The predicted octanol–water partition coefficient (Wildman–Crippen LogP) is -8.29. The molecule has 0 heterocycles. The molecule has 0 fully saturated rings. The van der Waals surface area contributed by atoms with Crippen LogP contribution in [0.4, 0.5) is 0 Å². The van der Waals surface area contributed by atoms with Crippen LogP contribution in [0.2, 0.25) is 0 Å². The molecule has 152 valence electrons. The SMILES string of the molecule is CC(=O)[O-].CC(=O)[O-].CC(=O)[O-].CC(=O)[O-].CC(=O)[O-].CC(=O)[O-].O. The number of carboxylic acids is 6. The summed E-state index contributed by atoms with van der Waals surface area (Å²) in [6, 6.07) is 0. The van der Waals surface area contributed by atoms with Gasteiger partial charge in [0.15, 0.2) is 0 Å². The standard InChI is InChI=1S/6C2H4O2.H2O/c6*1-2(3)4;/h6*1H3,(H,3,4);1H2/p-6. The van der Waals surface area contributed by atoms with Crippen molar-refractivity contribution >= 4 is 35.8 Å². The summed E-state index contributed by atoms with van der Waals surface area (Å²) in [5, 5.41) is 53.3. The third-order valence-electron chi connectivity index (χ3n) is 0. The van der Waals surface area contributed by atoms with Crippen LogP contribution >= 0.6 is 0 Å². The Bertz CT molecular complexity index is 256. The minimum atomic E-state index is -1.08. The molecule has 0 aliphatic carbocycles. The van der Waals surface area contributed by atoms with Gasteiger partial charge in [-0.2, -0.15) is 0 Å². The number of carbonyl (C=O) groups excluding carboxylic acids is 6. The van der Waals surface area contributed by atoms with Crippen molar-refractivity contribution in [1.82, 2.24) is 0 Å². The molecule has 0 aromatic rings. The molecule has 0 saturated heterocycles. The summed E-state index contributed by atoms with van der Waals surface area (Å²) < 4.78 is 0. The second-order valence-corrected chi connectivity index (χ2v) is 2.95. The molecule has 13 nitrogen and oxygen atoms in total. The molecular formula is C12H20O13-6. The van der Waals surface area contributed by atoms with Crippen molar-refractivity contribution in [3.63, 3.8) is 0 Å². The van der Waals surface area contributed by atoms with E-state index in [9.17, 15) is 0 Å². The fraction of sp³-hybridized carbons (Fsp3) is 0.500. The lowest BCUT2D eigenvalue weighted by Crippen LogP contribution is -2.16. The second kappa shape index (κ2) is 37.2. The Morgan fingerprint density at radius 3 is 0.360 bits per heavy atom. The quantitative estimate of drug-likeness (QED) is 0.383. The Hall–Kier alpha value is -3.22. The first-order chi connectivity index (χ1) is 10.4. The molecule has 2 N–H and O–H groups in total. The second-order valence-electron chi connectivity index (χ2n) is 2.95. The fourth-order valence-corrected chi connectivity index (χ4v) is 0. The van der Waals surface area contributed by atoms with Gasteiger partial charge in [0.2, 0.25) is 0 Å². The van der Waals surface area contributed by atoms with E-state index in [0.29, 0.717) is 0 Å². The number of aliphatic carboxylic acids is 6. The van der Waals surface area contributed by atoms with Gasteiger partial charge in [-0.3, -0.25) is 0 Å². The molecule has 25 heavy (non-hydrogen) atoms. The van der Waals surface area contributed by atoms with Crippen molar-refractivity contribution in [2.45, 2.75) is 41.5 Å². The Labute approximate surface area is 143 Å². The van der Waals surface area contributed by atoms with Gasteiger partial charge in [0.1, 0.15) is 0 Å². The van der Waals surface area contributed by atoms with Crippen LogP contribution < -0.4 is 30.6 Å². The third-order valence-corrected chi connectivity index (χ3v) is 0. The zero-order valence-corrected chi connectivity index (χ0v) is 14.4. The number of carbonyl (C=O) groups is 6. The van der Waals surface area contributed by atoms with Crippen LogP contribution in [0.5, 0.6) is 0 Å². The smallest absolute Gasteiger partial charge is 0.0383 e. The topological polar surface area (TPSA) is 272 Å². The van der Waals surface area contributed by atoms with Gasteiger partial charge in [-0.15, -0.1) is 0 Å². The summed E-state index contributed by atoms with van der Waals surface area (Å²) in [7, 11) is 0. The maximum absolute atomic E-state index is 8.89. The summed E-state index contributed by atoms with van der Waals surface area (Å²) in [5.41, 5.74) is 0. The molecule has 0 rings (SSSR count). The van der Waals surface area contributed by atoms with E-state index in [1.54, 1.807) is 0 Å². The highest BCUT2D eigenvalue weighted by Gasteiger charge is 1.48. The fourth-order valence-electron chi connectivity index (χ4n) is 0. The highest BCUT2D eigenvalue weighted by molar-refractivity contribution is 5.61. The molecule has 13 heteroatoms. The maximum atomic E-state index is 8.89. The van der Waals surface area contributed by atoms with E-state index < -0.39 is 35.8 Å². The molecule has 0 aromatic heterocycles. The van der Waals surface area contributed by atoms with Crippen LogP contribution in [-0.2, 0) is 28.8 Å². The summed E-state index contributed by atoms with van der Waals surface area (Å²) in [4.78, 5) is 53.3. The van der Waals surface area contributed by atoms with Crippen LogP contribution in [0, 0.1) is 0 Å². The minimum Gasteiger partial charge on any atom is -0.550 e. The summed E-state index contributed by atoms with van der Waals surface area (Å²) in [5.74, 6) is -6.50. The molecule has 0 unspecified atom stereocenters. The molecule has 0 atom stereocenters. The molecule has 0 aliphatic rings. The third kappa shape index (κ3) is 707. The normalized spacial score (nSPS) is 6.00. The Balaban J connectivity index is -0.0000000309. The summed E-state index contributed by atoms with van der Waals surface area (Å²) in [6.07, 6.45) is 0. The molecule has 0 aliphatic heterocycles. The van der Waals surface area contributed by atoms with E-state index >= 15 is 0 Å². The highest BCUT2D eigenvalue weighted by Crippen LogP contribution is 1.32. The van der Waals surface area contributed by atoms with E-state index in [0.717, 1.165) is 41.5 Å². The van der Waals surface area contributed by atoms with Gasteiger partial charge in [0.25, 0.3) is 0 Å². The van der Waals surface area contributed by atoms with Crippen LogP contribution in [-0.4, -0.2) is 41.3 Å². The number of hydrogen-bond donors (Lipinski definition) is 0. The van der Waals surface area contributed by atoms with Gasteiger partial charge in [0.05, 0.1) is 0 Å². The number of rotatable bonds is 0. The van der Waals surface area contributed by atoms with Gasteiger partial charge >= 0.3 is 0 Å². The monoisotopic (exact) mass is 372 g/mol. The summed E-state index contributed by atoms with van der Waals surface area (Å²) in [6.45, 7) is 5.83. The average molecular weight is 372 g/mol. The Morgan fingerprint density at radius 2 is 0.360 bits per heavy atom. The van der Waals surface area contributed by atoms with Gasteiger partial charge in [-0.25, -0.2) is 0 Å². The van der Waals surface area contributed by atoms with Crippen molar-refractivity contribution in [2.24, 2.45) is 0 Å². The zero-order valence-electron chi connectivity index (χ0n) is 14.4. The van der Waals surface area contributed by atoms with Crippen molar-refractivity contribution in [3.8, 4) is 0 Å². The van der Waals surface area contributed by atoms with Crippen LogP contribution in [0.1, 0.15) is 41.5 Å². The predicted molar refractivity (Wildman–Crippen MR) is 67.7 cm³/mol.